The van der Waals surface area contributed by atoms with E-state index in [1.807, 2.05) is 0 Å². The molecule has 0 spiro atoms. The summed E-state index contributed by atoms with van der Waals surface area (Å²) in [6, 6.07) is 7.97. The van der Waals surface area contributed by atoms with Crippen LogP contribution in [0.4, 0.5) is 0 Å². The zero-order chi connectivity index (χ0) is 25.7. The quantitative estimate of drug-likeness (QED) is 0.491. The Kier molecular flexibility index (Phi) is 6.09. The van der Waals surface area contributed by atoms with E-state index in [0.29, 0.717) is 51.4 Å². The molecule has 0 amide bonds. The van der Waals surface area contributed by atoms with Crippen LogP contribution in [0.1, 0.15) is 122 Å². The van der Waals surface area contributed by atoms with Gasteiger partial charge in [0.15, 0.2) is 17.3 Å². The molecule has 2 aromatic carbocycles. The lowest BCUT2D eigenvalue weighted by molar-refractivity contribution is 0.0116. The number of hydrogen-bond donors (Lipinski definition) is 2. The Morgan fingerprint density at radius 3 is 1.25 bits per heavy atom. The predicted octanol–water partition coefficient (Wildman–Crippen LogP) is 4.05. The van der Waals surface area contributed by atoms with Crippen LogP contribution in [0.5, 0.6) is 0 Å². The van der Waals surface area contributed by atoms with E-state index in [-0.39, 0.29) is 33.4 Å². The second kappa shape index (κ2) is 8.98. The number of rotatable bonds is 4. The van der Waals surface area contributed by atoms with Crippen molar-refractivity contribution in [1.82, 2.24) is 0 Å². The average Bonchev–Trinajstić information content (AvgIpc) is 2.97. The van der Waals surface area contributed by atoms with E-state index in [9.17, 15) is 34.2 Å². The Balaban J connectivity index is 1.52. The van der Waals surface area contributed by atoms with Gasteiger partial charge in [0.25, 0.3) is 0 Å². The lowest BCUT2D eigenvalue weighted by Gasteiger charge is -2.30. The standard InChI is InChI=1S/C29H28O7/c30-23-19-9-7-17(26(33)28(35)11-3-1-4-12-28)15-21(19)24(31)25(32)22-16-18(8-10-20(22)23)27(34)29(36)13-5-2-6-14-29/h7-10,15-16,35-36H,1-6,11-14H2. The Morgan fingerprint density at radius 2 is 0.889 bits per heavy atom. The van der Waals surface area contributed by atoms with E-state index in [2.05, 4.69) is 0 Å². The van der Waals surface area contributed by atoms with Gasteiger partial charge in [-0.05, 0) is 49.9 Å². The van der Waals surface area contributed by atoms with Crippen molar-refractivity contribution in [3.8, 4) is 0 Å². The summed E-state index contributed by atoms with van der Waals surface area (Å²) in [4.78, 5) is 65.9. The Labute approximate surface area is 208 Å². The van der Waals surface area contributed by atoms with Gasteiger partial charge in [0.2, 0.25) is 11.6 Å². The highest BCUT2D eigenvalue weighted by Gasteiger charge is 2.41. The number of Topliss-reactive ketones (excluding diaryl/α,β-unsaturated/α-hetero) is 4. The van der Waals surface area contributed by atoms with Crippen molar-refractivity contribution < 1.29 is 34.2 Å². The number of aliphatic hydroxyl groups is 2. The van der Waals surface area contributed by atoms with Crippen LogP contribution in [-0.2, 0) is 0 Å². The van der Waals surface area contributed by atoms with Gasteiger partial charge in [0.05, 0.1) is 0 Å². The highest BCUT2D eigenvalue weighted by Crippen LogP contribution is 2.35. The maximum atomic E-state index is 13.3. The Hall–Kier alpha value is -3.29. The Bertz CT molecular complexity index is 1210. The van der Waals surface area contributed by atoms with Gasteiger partial charge >= 0.3 is 0 Å². The van der Waals surface area contributed by atoms with Gasteiger partial charge in [0.1, 0.15) is 11.2 Å². The number of carbonyl (C=O) groups excluding carboxylic acids is 5. The summed E-state index contributed by atoms with van der Waals surface area (Å²) in [6.45, 7) is 0. The van der Waals surface area contributed by atoms with Gasteiger partial charge in [-0.25, -0.2) is 0 Å². The summed E-state index contributed by atoms with van der Waals surface area (Å²) >= 11 is 0. The summed E-state index contributed by atoms with van der Waals surface area (Å²) in [5, 5.41) is 21.7. The van der Waals surface area contributed by atoms with Crippen molar-refractivity contribution >= 4 is 28.9 Å². The second-order valence-corrected chi connectivity index (χ2v) is 10.4. The molecular formula is C29H28O7. The van der Waals surface area contributed by atoms with Gasteiger partial charge in [-0.2, -0.15) is 0 Å². The number of hydrogen-bond acceptors (Lipinski definition) is 7. The third-order valence-electron chi connectivity index (χ3n) is 7.95. The SMILES string of the molecule is O=C1C(=O)c2cc(C(=O)C3(O)CCCCC3)ccc2C(=O)c2ccc(C(=O)C3(O)CCCCC3)cc21. The average molecular weight is 489 g/mol. The minimum Gasteiger partial charge on any atom is -0.382 e. The molecule has 0 bridgehead atoms. The molecule has 36 heavy (non-hydrogen) atoms. The molecule has 3 aliphatic carbocycles. The lowest BCUT2D eigenvalue weighted by atomic mass is 9.79. The van der Waals surface area contributed by atoms with Gasteiger partial charge in [-0.1, -0.05) is 50.7 Å². The summed E-state index contributed by atoms with van der Waals surface area (Å²) in [6.07, 6.45) is 6.02. The van der Waals surface area contributed by atoms with Crippen molar-refractivity contribution in [3.05, 3.63) is 69.8 Å². The summed E-state index contributed by atoms with van der Waals surface area (Å²) < 4.78 is 0. The molecule has 0 atom stereocenters. The lowest BCUT2D eigenvalue weighted by Crippen LogP contribution is -2.40. The molecule has 0 saturated heterocycles. The van der Waals surface area contributed by atoms with Crippen LogP contribution in [0.2, 0.25) is 0 Å². The molecular weight excluding hydrogens is 460 g/mol. The maximum absolute atomic E-state index is 13.3. The molecule has 5 rings (SSSR count). The molecule has 7 nitrogen and oxygen atoms in total. The van der Waals surface area contributed by atoms with Crippen LogP contribution in [-0.4, -0.2) is 50.3 Å². The number of carbonyl (C=O) groups is 5. The first kappa shape index (κ1) is 24.4. The fourth-order valence-electron chi connectivity index (χ4n) is 5.80. The van der Waals surface area contributed by atoms with Crippen LogP contribution < -0.4 is 0 Å². The molecule has 2 saturated carbocycles. The largest absolute Gasteiger partial charge is 0.382 e. The van der Waals surface area contributed by atoms with Crippen molar-refractivity contribution in [2.75, 3.05) is 0 Å². The normalized spacial score (nSPS) is 20.8. The molecule has 7 heteroatoms. The van der Waals surface area contributed by atoms with Crippen molar-refractivity contribution in [3.63, 3.8) is 0 Å². The van der Waals surface area contributed by atoms with Crippen molar-refractivity contribution in [1.29, 1.82) is 0 Å². The molecule has 2 aromatic rings. The molecule has 2 fully saturated rings. The molecule has 0 aromatic heterocycles. The molecule has 0 heterocycles. The third kappa shape index (κ3) is 3.96. The van der Waals surface area contributed by atoms with E-state index in [1.165, 1.54) is 36.4 Å². The number of ketones is 5. The fraction of sp³-hybridized carbons (Fsp3) is 0.414. The van der Waals surface area contributed by atoms with Gasteiger partial charge in [-0.15, -0.1) is 0 Å². The first-order chi connectivity index (χ1) is 17.1. The zero-order valence-electron chi connectivity index (χ0n) is 20.0. The summed E-state index contributed by atoms with van der Waals surface area (Å²) in [7, 11) is 0. The topological polar surface area (TPSA) is 126 Å². The predicted molar refractivity (Wildman–Crippen MR) is 130 cm³/mol. The van der Waals surface area contributed by atoms with E-state index < -0.39 is 40.1 Å². The second-order valence-electron chi connectivity index (χ2n) is 10.4. The number of fused-ring (bicyclic) bond motifs is 2. The molecule has 3 aliphatic rings. The van der Waals surface area contributed by atoms with Crippen LogP contribution in [0.15, 0.2) is 36.4 Å². The van der Waals surface area contributed by atoms with E-state index in [0.717, 1.165) is 12.8 Å². The highest BCUT2D eigenvalue weighted by molar-refractivity contribution is 6.53. The minimum absolute atomic E-state index is 0.00994. The molecule has 0 aliphatic heterocycles. The number of benzene rings is 2. The maximum Gasteiger partial charge on any atom is 0.234 e. The Morgan fingerprint density at radius 1 is 0.528 bits per heavy atom. The molecule has 0 unspecified atom stereocenters. The van der Waals surface area contributed by atoms with Gasteiger partial charge < -0.3 is 10.2 Å². The van der Waals surface area contributed by atoms with Crippen LogP contribution in [0, 0.1) is 0 Å². The first-order valence-electron chi connectivity index (χ1n) is 12.6. The smallest absolute Gasteiger partial charge is 0.234 e. The van der Waals surface area contributed by atoms with Crippen LogP contribution in [0.3, 0.4) is 0 Å². The van der Waals surface area contributed by atoms with Gasteiger partial charge in [0, 0.05) is 33.4 Å². The van der Waals surface area contributed by atoms with Crippen LogP contribution in [0.25, 0.3) is 0 Å². The van der Waals surface area contributed by atoms with Crippen molar-refractivity contribution in [2.45, 2.75) is 75.4 Å². The van der Waals surface area contributed by atoms with E-state index in [1.54, 1.807) is 0 Å². The fourth-order valence-corrected chi connectivity index (χ4v) is 5.80. The monoisotopic (exact) mass is 488 g/mol. The first-order valence-corrected chi connectivity index (χ1v) is 12.6. The van der Waals surface area contributed by atoms with Crippen LogP contribution >= 0.6 is 0 Å². The van der Waals surface area contributed by atoms with Crippen molar-refractivity contribution in [2.24, 2.45) is 0 Å². The summed E-state index contributed by atoms with van der Waals surface area (Å²) in [5.74, 6) is -3.52. The molecule has 186 valence electrons. The molecule has 0 radical (unpaired) electrons. The minimum atomic E-state index is -1.52. The molecule has 2 N–H and O–H groups in total. The van der Waals surface area contributed by atoms with E-state index in [4.69, 9.17) is 0 Å². The zero-order valence-corrected chi connectivity index (χ0v) is 20.0. The van der Waals surface area contributed by atoms with Gasteiger partial charge in [-0.3, -0.25) is 24.0 Å². The highest BCUT2D eigenvalue weighted by atomic mass is 16.3. The van der Waals surface area contributed by atoms with E-state index >= 15 is 0 Å². The summed E-state index contributed by atoms with van der Waals surface area (Å²) in [5.41, 5.74) is -3.29. The third-order valence-corrected chi connectivity index (χ3v) is 7.95.